The van der Waals surface area contributed by atoms with Gasteiger partial charge in [-0.15, -0.1) is 0 Å². The minimum atomic E-state index is -0.537. The second-order valence-corrected chi connectivity index (χ2v) is 4.95. The molecule has 0 heterocycles. The lowest BCUT2D eigenvalue weighted by atomic mass is 10.1. The molecule has 18 heavy (non-hydrogen) atoms. The SMILES string of the molecule is COCCOCCCCNC(=O)C1(C(N)=S)CC1. The molecule has 0 saturated heterocycles. The third-order valence-corrected chi connectivity index (χ3v) is 3.48. The Labute approximate surface area is 113 Å². The first-order chi connectivity index (χ1) is 8.63. The number of hydrogen-bond acceptors (Lipinski definition) is 4. The number of methoxy groups -OCH3 is 1. The van der Waals surface area contributed by atoms with E-state index in [1.807, 2.05) is 0 Å². The molecule has 0 aromatic carbocycles. The summed E-state index contributed by atoms with van der Waals surface area (Å²) in [6.07, 6.45) is 3.39. The largest absolute Gasteiger partial charge is 0.392 e. The maximum Gasteiger partial charge on any atom is 0.233 e. The molecule has 104 valence electrons. The molecule has 0 atom stereocenters. The molecule has 0 aromatic heterocycles. The minimum Gasteiger partial charge on any atom is -0.392 e. The van der Waals surface area contributed by atoms with Crippen molar-refractivity contribution in [2.75, 3.05) is 33.5 Å². The van der Waals surface area contributed by atoms with Gasteiger partial charge in [0.05, 0.1) is 23.6 Å². The molecule has 1 amide bonds. The minimum absolute atomic E-state index is 0.0182. The summed E-state index contributed by atoms with van der Waals surface area (Å²) in [4.78, 5) is 12.1. The van der Waals surface area contributed by atoms with Crippen molar-refractivity contribution in [2.45, 2.75) is 25.7 Å². The zero-order chi connectivity index (χ0) is 13.4. The molecule has 0 spiro atoms. The van der Waals surface area contributed by atoms with Crippen LogP contribution >= 0.6 is 12.2 Å². The fourth-order valence-corrected chi connectivity index (χ4v) is 1.95. The Morgan fingerprint density at radius 2 is 2.06 bits per heavy atom. The van der Waals surface area contributed by atoms with Crippen LogP contribution in [0.1, 0.15) is 25.7 Å². The van der Waals surface area contributed by atoms with Crippen LogP contribution in [0.15, 0.2) is 0 Å². The Morgan fingerprint density at radius 1 is 1.33 bits per heavy atom. The molecule has 1 aliphatic carbocycles. The molecule has 1 fully saturated rings. The van der Waals surface area contributed by atoms with Crippen molar-refractivity contribution in [3.8, 4) is 0 Å². The maximum absolute atomic E-state index is 11.8. The van der Waals surface area contributed by atoms with Crippen molar-refractivity contribution in [1.82, 2.24) is 5.32 Å². The quantitative estimate of drug-likeness (QED) is 0.451. The monoisotopic (exact) mass is 274 g/mol. The predicted octanol–water partition coefficient (Wildman–Crippen LogP) is 0.612. The van der Waals surface area contributed by atoms with Gasteiger partial charge in [0.2, 0.25) is 5.91 Å². The van der Waals surface area contributed by atoms with Crippen molar-refractivity contribution >= 4 is 23.1 Å². The van der Waals surface area contributed by atoms with Crippen LogP contribution in [-0.4, -0.2) is 44.4 Å². The van der Waals surface area contributed by atoms with Crippen molar-refractivity contribution in [3.63, 3.8) is 0 Å². The smallest absolute Gasteiger partial charge is 0.233 e. The van der Waals surface area contributed by atoms with Gasteiger partial charge < -0.3 is 20.5 Å². The van der Waals surface area contributed by atoms with Gasteiger partial charge in [0, 0.05) is 20.3 Å². The van der Waals surface area contributed by atoms with Gasteiger partial charge in [0.15, 0.2) is 0 Å². The predicted molar refractivity (Wildman–Crippen MR) is 73.4 cm³/mol. The van der Waals surface area contributed by atoms with Crippen molar-refractivity contribution in [2.24, 2.45) is 11.1 Å². The summed E-state index contributed by atoms with van der Waals surface area (Å²) in [6, 6.07) is 0. The average molecular weight is 274 g/mol. The van der Waals surface area contributed by atoms with Gasteiger partial charge in [-0.05, 0) is 25.7 Å². The van der Waals surface area contributed by atoms with E-state index in [0.29, 0.717) is 31.4 Å². The van der Waals surface area contributed by atoms with Crippen LogP contribution in [0.5, 0.6) is 0 Å². The van der Waals surface area contributed by atoms with E-state index < -0.39 is 5.41 Å². The number of ether oxygens (including phenoxy) is 2. The summed E-state index contributed by atoms with van der Waals surface area (Å²) in [7, 11) is 1.65. The standard InChI is InChI=1S/C12H22N2O3S/c1-16-8-9-17-7-3-2-6-14-11(15)12(4-5-12)10(13)18/h2-9H2,1H3,(H2,13,18)(H,14,15). The van der Waals surface area contributed by atoms with E-state index in [2.05, 4.69) is 5.32 Å². The number of thiocarbonyl (C=S) groups is 1. The molecule has 1 aliphatic rings. The van der Waals surface area contributed by atoms with Crippen molar-refractivity contribution in [1.29, 1.82) is 0 Å². The summed E-state index contributed by atoms with van der Waals surface area (Å²) in [5.41, 5.74) is 5.03. The number of amides is 1. The highest BCUT2D eigenvalue weighted by atomic mass is 32.1. The van der Waals surface area contributed by atoms with E-state index in [4.69, 9.17) is 27.4 Å². The van der Waals surface area contributed by atoms with Crippen LogP contribution in [0, 0.1) is 5.41 Å². The Hall–Kier alpha value is -0.720. The molecule has 1 rings (SSSR count). The number of hydrogen-bond donors (Lipinski definition) is 2. The molecular weight excluding hydrogens is 252 g/mol. The highest BCUT2D eigenvalue weighted by Gasteiger charge is 2.52. The van der Waals surface area contributed by atoms with Crippen molar-refractivity contribution < 1.29 is 14.3 Å². The number of unbranched alkanes of at least 4 members (excludes halogenated alkanes) is 1. The highest BCUT2D eigenvalue weighted by Crippen LogP contribution is 2.46. The fourth-order valence-electron chi connectivity index (χ4n) is 1.65. The summed E-state index contributed by atoms with van der Waals surface area (Å²) < 4.78 is 10.2. The van der Waals surface area contributed by atoms with Gasteiger partial charge in [-0.25, -0.2) is 0 Å². The number of nitrogens with two attached hydrogens (primary N) is 1. The topological polar surface area (TPSA) is 73.6 Å². The Bertz CT molecular complexity index is 293. The van der Waals surface area contributed by atoms with Crippen LogP contribution in [0.4, 0.5) is 0 Å². The number of nitrogens with one attached hydrogen (secondary N) is 1. The fraction of sp³-hybridized carbons (Fsp3) is 0.833. The first-order valence-electron chi connectivity index (χ1n) is 6.28. The Kier molecular flexibility index (Phi) is 6.52. The van der Waals surface area contributed by atoms with Crippen LogP contribution in [0.2, 0.25) is 0 Å². The van der Waals surface area contributed by atoms with Gasteiger partial charge in [0.1, 0.15) is 0 Å². The zero-order valence-corrected chi connectivity index (χ0v) is 11.7. The molecule has 0 radical (unpaired) electrons. The molecule has 1 saturated carbocycles. The Balaban J connectivity index is 1.98. The lowest BCUT2D eigenvalue weighted by molar-refractivity contribution is -0.124. The van der Waals surface area contributed by atoms with Gasteiger partial charge in [0.25, 0.3) is 0 Å². The summed E-state index contributed by atoms with van der Waals surface area (Å²) >= 11 is 4.92. The molecule has 3 N–H and O–H groups in total. The third-order valence-electron chi connectivity index (χ3n) is 3.09. The third kappa shape index (κ3) is 4.51. The molecule has 0 aliphatic heterocycles. The van der Waals surface area contributed by atoms with Crippen LogP contribution in [0.3, 0.4) is 0 Å². The molecular formula is C12H22N2O3S. The number of carbonyl (C=O) groups excluding carboxylic acids is 1. The maximum atomic E-state index is 11.8. The van der Waals surface area contributed by atoms with Crippen LogP contribution < -0.4 is 11.1 Å². The van der Waals surface area contributed by atoms with E-state index in [9.17, 15) is 4.79 Å². The summed E-state index contributed by atoms with van der Waals surface area (Å²) in [5, 5.41) is 2.88. The number of rotatable bonds is 10. The highest BCUT2D eigenvalue weighted by molar-refractivity contribution is 7.80. The molecule has 0 unspecified atom stereocenters. The van der Waals surface area contributed by atoms with Crippen LogP contribution in [0.25, 0.3) is 0 Å². The van der Waals surface area contributed by atoms with Gasteiger partial charge >= 0.3 is 0 Å². The normalized spacial score (nSPS) is 16.3. The second kappa shape index (κ2) is 7.66. The summed E-state index contributed by atoms with van der Waals surface area (Å²) in [6.45, 7) is 2.58. The molecule has 0 aromatic rings. The number of carbonyl (C=O) groups is 1. The molecule has 0 bridgehead atoms. The summed E-state index contributed by atoms with van der Waals surface area (Å²) in [5.74, 6) is -0.0182. The van der Waals surface area contributed by atoms with E-state index in [-0.39, 0.29) is 5.91 Å². The lowest BCUT2D eigenvalue weighted by Crippen LogP contribution is -2.39. The Morgan fingerprint density at radius 3 is 2.61 bits per heavy atom. The van der Waals surface area contributed by atoms with E-state index in [1.54, 1.807) is 7.11 Å². The van der Waals surface area contributed by atoms with Gasteiger partial charge in [-0.2, -0.15) is 0 Å². The lowest BCUT2D eigenvalue weighted by Gasteiger charge is -2.13. The molecule has 5 nitrogen and oxygen atoms in total. The van der Waals surface area contributed by atoms with E-state index in [0.717, 1.165) is 25.7 Å². The first kappa shape index (κ1) is 15.3. The van der Waals surface area contributed by atoms with Crippen molar-refractivity contribution in [3.05, 3.63) is 0 Å². The first-order valence-corrected chi connectivity index (χ1v) is 6.69. The van der Waals surface area contributed by atoms with E-state index >= 15 is 0 Å². The zero-order valence-electron chi connectivity index (χ0n) is 10.9. The van der Waals surface area contributed by atoms with E-state index in [1.165, 1.54) is 0 Å². The van der Waals surface area contributed by atoms with Crippen LogP contribution in [-0.2, 0) is 14.3 Å². The van der Waals surface area contributed by atoms with Gasteiger partial charge in [-0.1, -0.05) is 12.2 Å². The molecule has 6 heteroatoms. The average Bonchev–Trinajstić information content (AvgIpc) is 3.13. The second-order valence-electron chi connectivity index (χ2n) is 4.51. The van der Waals surface area contributed by atoms with Gasteiger partial charge in [-0.3, -0.25) is 4.79 Å².